The lowest BCUT2D eigenvalue weighted by atomic mass is 9.51. The Hall–Kier alpha value is -1.65. The van der Waals surface area contributed by atoms with Crippen LogP contribution in [0.25, 0.3) is 0 Å². The highest BCUT2D eigenvalue weighted by molar-refractivity contribution is 5.90. The fraction of sp³-hybridized carbons (Fsp3) is 0.667. The summed E-state index contributed by atoms with van der Waals surface area (Å²) < 4.78 is 0. The molecule has 1 aromatic heterocycles. The number of carboxylic acid groups (broad SMARTS) is 1. The lowest BCUT2D eigenvalue weighted by Gasteiger charge is -2.53. The lowest BCUT2D eigenvalue weighted by molar-refractivity contribution is -0.00575. The van der Waals surface area contributed by atoms with E-state index in [0.29, 0.717) is 23.6 Å². The van der Waals surface area contributed by atoms with Gasteiger partial charge in [0.25, 0.3) is 0 Å². The average Bonchev–Trinajstić information content (AvgIpc) is 2.38. The van der Waals surface area contributed by atoms with Crippen LogP contribution in [0.15, 0.2) is 6.20 Å². The van der Waals surface area contributed by atoms with Crippen LogP contribution in [0.4, 0.5) is 5.69 Å². The minimum Gasteiger partial charge on any atom is -0.476 e. The maximum atomic E-state index is 11.2. The van der Waals surface area contributed by atoms with Crippen LogP contribution in [0, 0.1) is 23.7 Å². The molecule has 0 unspecified atom stereocenters. The Morgan fingerprint density at radius 3 is 2.30 bits per heavy atom. The van der Waals surface area contributed by atoms with E-state index in [0.717, 1.165) is 11.8 Å². The van der Waals surface area contributed by atoms with Crippen molar-refractivity contribution in [2.45, 2.75) is 38.0 Å². The summed E-state index contributed by atoms with van der Waals surface area (Å²) in [4.78, 5) is 19.8. The summed E-state index contributed by atoms with van der Waals surface area (Å²) in [6.07, 6.45) is 7.96. The first-order chi connectivity index (χ1) is 9.61. The van der Waals surface area contributed by atoms with Gasteiger partial charge in [-0.15, -0.1) is 0 Å². The molecule has 20 heavy (non-hydrogen) atoms. The number of nitrogen functional groups attached to an aromatic ring is 1. The number of nitrogens with two attached hydrogens (primary N) is 1. The molecule has 0 radical (unpaired) electrons. The van der Waals surface area contributed by atoms with E-state index >= 15 is 0 Å². The highest BCUT2D eigenvalue weighted by atomic mass is 16.4. The molecule has 3 N–H and O–H groups in total. The fourth-order valence-electron chi connectivity index (χ4n) is 5.08. The predicted octanol–water partition coefficient (Wildman–Crippen LogP) is 2.30. The van der Waals surface area contributed by atoms with Crippen LogP contribution in [-0.4, -0.2) is 21.0 Å². The SMILES string of the molecule is Nc1cnc(C2C3CC4CC(C3)CC2C4)nc1C(=O)O. The van der Waals surface area contributed by atoms with Gasteiger partial charge in [0.2, 0.25) is 0 Å². The summed E-state index contributed by atoms with van der Waals surface area (Å²) in [7, 11) is 0. The van der Waals surface area contributed by atoms with Crippen LogP contribution in [0.5, 0.6) is 0 Å². The molecule has 0 saturated heterocycles. The van der Waals surface area contributed by atoms with Gasteiger partial charge in [-0.3, -0.25) is 0 Å². The Morgan fingerprint density at radius 1 is 1.15 bits per heavy atom. The molecule has 5 heteroatoms. The van der Waals surface area contributed by atoms with Crippen molar-refractivity contribution in [3.63, 3.8) is 0 Å². The standard InChI is InChI=1S/C15H19N3O2/c16-11-6-17-14(18-13(11)15(19)20)12-9-2-7-1-8(4-9)5-10(12)3-7/h6-10,12H,1-5,16H2,(H,19,20). The van der Waals surface area contributed by atoms with Crippen molar-refractivity contribution in [1.29, 1.82) is 0 Å². The highest BCUT2D eigenvalue weighted by Crippen LogP contribution is 2.59. The molecule has 0 aliphatic heterocycles. The third-order valence-electron chi connectivity index (χ3n) is 5.56. The molecule has 4 bridgehead atoms. The van der Waals surface area contributed by atoms with Gasteiger partial charge in [-0.05, 0) is 55.8 Å². The molecule has 1 heterocycles. The van der Waals surface area contributed by atoms with E-state index in [-0.39, 0.29) is 11.4 Å². The van der Waals surface area contributed by atoms with E-state index in [4.69, 9.17) is 5.73 Å². The van der Waals surface area contributed by atoms with Crippen LogP contribution in [0.2, 0.25) is 0 Å². The van der Waals surface area contributed by atoms with Crippen molar-refractivity contribution in [2.75, 3.05) is 5.73 Å². The lowest BCUT2D eigenvalue weighted by Crippen LogP contribution is -2.44. The number of carbonyl (C=O) groups is 1. The third-order valence-corrected chi connectivity index (χ3v) is 5.56. The van der Waals surface area contributed by atoms with Gasteiger partial charge >= 0.3 is 5.97 Å². The number of rotatable bonds is 2. The van der Waals surface area contributed by atoms with Gasteiger partial charge in [-0.2, -0.15) is 0 Å². The normalized spacial score (nSPS) is 38.1. The number of hydrogen-bond donors (Lipinski definition) is 2. The molecule has 4 saturated carbocycles. The zero-order valence-electron chi connectivity index (χ0n) is 11.3. The third kappa shape index (κ3) is 1.72. The van der Waals surface area contributed by atoms with Gasteiger partial charge in [-0.1, -0.05) is 0 Å². The van der Waals surface area contributed by atoms with Gasteiger partial charge in [0.1, 0.15) is 5.82 Å². The molecular weight excluding hydrogens is 254 g/mol. The van der Waals surface area contributed by atoms with Crippen molar-refractivity contribution in [3.05, 3.63) is 17.7 Å². The van der Waals surface area contributed by atoms with Gasteiger partial charge in [0.15, 0.2) is 5.69 Å². The van der Waals surface area contributed by atoms with E-state index in [1.165, 1.54) is 38.3 Å². The molecule has 1 aromatic rings. The van der Waals surface area contributed by atoms with Gasteiger partial charge in [0.05, 0.1) is 11.9 Å². The molecule has 0 atom stereocenters. The summed E-state index contributed by atoms with van der Waals surface area (Å²) in [5.74, 6) is 3.08. The van der Waals surface area contributed by atoms with Crippen molar-refractivity contribution in [3.8, 4) is 0 Å². The van der Waals surface area contributed by atoms with E-state index in [9.17, 15) is 9.90 Å². The van der Waals surface area contributed by atoms with Gasteiger partial charge < -0.3 is 10.8 Å². The van der Waals surface area contributed by atoms with E-state index in [2.05, 4.69) is 9.97 Å². The Kier molecular flexibility index (Phi) is 2.53. The number of aromatic nitrogens is 2. The van der Waals surface area contributed by atoms with Crippen LogP contribution >= 0.6 is 0 Å². The minimum atomic E-state index is -1.06. The number of nitrogens with zero attached hydrogens (tertiary/aromatic N) is 2. The van der Waals surface area contributed by atoms with Crippen molar-refractivity contribution in [1.82, 2.24) is 9.97 Å². The molecule has 0 aromatic carbocycles. The predicted molar refractivity (Wildman–Crippen MR) is 73.2 cm³/mol. The molecule has 5 rings (SSSR count). The van der Waals surface area contributed by atoms with Crippen LogP contribution in [0.3, 0.4) is 0 Å². The second-order valence-corrected chi connectivity index (χ2v) is 6.79. The van der Waals surface area contributed by atoms with Gasteiger partial charge in [0, 0.05) is 5.92 Å². The van der Waals surface area contributed by atoms with Crippen LogP contribution in [-0.2, 0) is 0 Å². The second-order valence-electron chi connectivity index (χ2n) is 6.79. The zero-order chi connectivity index (χ0) is 13.9. The molecule has 4 aliphatic carbocycles. The van der Waals surface area contributed by atoms with Crippen molar-refractivity contribution in [2.24, 2.45) is 23.7 Å². The Bertz CT molecular complexity index is 544. The summed E-state index contributed by atoms with van der Waals surface area (Å²) in [5, 5.41) is 9.17. The number of carboxylic acids is 1. The maximum Gasteiger partial charge on any atom is 0.356 e. The minimum absolute atomic E-state index is 0.0381. The van der Waals surface area contributed by atoms with Gasteiger partial charge in [-0.25, -0.2) is 14.8 Å². The molecule has 0 spiro atoms. The molecule has 4 fully saturated rings. The summed E-state index contributed by atoms with van der Waals surface area (Å²) in [6, 6.07) is 0. The number of hydrogen-bond acceptors (Lipinski definition) is 4. The zero-order valence-corrected chi connectivity index (χ0v) is 11.3. The Labute approximate surface area is 117 Å². The first-order valence-corrected chi connectivity index (χ1v) is 7.47. The first kappa shape index (κ1) is 12.1. The van der Waals surface area contributed by atoms with Crippen molar-refractivity contribution < 1.29 is 9.90 Å². The topological polar surface area (TPSA) is 89.1 Å². The quantitative estimate of drug-likeness (QED) is 0.863. The van der Waals surface area contributed by atoms with E-state index < -0.39 is 5.97 Å². The molecule has 0 amide bonds. The fourth-order valence-corrected chi connectivity index (χ4v) is 5.08. The smallest absolute Gasteiger partial charge is 0.356 e. The summed E-state index contributed by atoms with van der Waals surface area (Å²) >= 11 is 0. The Balaban J connectivity index is 1.71. The Morgan fingerprint density at radius 2 is 1.75 bits per heavy atom. The molecular formula is C15H19N3O2. The maximum absolute atomic E-state index is 11.2. The van der Waals surface area contributed by atoms with Crippen LogP contribution in [0.1, 0.15) is 54.3 Å². The summed E-state index contributed by atoms with van der Waals surface area (Å²) in [6.45, 7) is 0. The van der Waals surface area contributed by atoms with Crippen molar-refractivity contribution >= 4 is 11.7 Å². The number of anilines is 1. The first-order valence-electron chi connectivity index (χ1n) is 7.47. The van der Waals surface area contributed by atoms with Crippen LogP contribution < -0.4 is 5.73 Å². The largest absolute Gasteiger partial charge is 0.476 e. The average molecular weight is 273 g/mol. The molecule has 4 aliphatic rings. The number of aromatic carboxylic acids is 1. The van der Waals surface area contributed by atoms with E-state index in [1.807, 2.05) is 0 Å². The molecule has 5 nitrogen and oxygen atoms in total. The van der Waals surface area contributed by atoms with E-state index in [1.54, 1.807) is 0 Å². The second kappa shape index (κ2) is 4.17. The summed E-state index contributed by atoms with van der Waals surface area (Å²) in [5.41, 5.74) is 5.78. The monoisotopic (exact) mass is 273 g/mol. The molecule has 106 valence electrons. The highest BCUT2D eigenvalue weighted by Gasteiger charge is 2.49.